The van der Waals surface area contributed by atoms with Crippen LogP contribution in [-0.4, -0.2) is 35.7 Å². The van der Waals surface area contributed by atoms with Crippen molar-refractivity contribution in [2.75, 3.05) is 13.6 Å². The second kappa shape index (κ2) is 4.97. The van der Waals surface area contributed by atoms with Crippen molar-refractivity contribution in [2.45, 2.75) is 51.7 Å². The van der Waals surface area contributed by atoms with Crippen LogP contribution < -0.4 is 0 Å². The van der Waals surface area contributed by atoms with Crippen LogP contribution in [0.3, 0.4) is 0 Å². The molecule has 1 aliphatic heterocycles. The van der Waals surface area contributed by atoms with Crippen LogP contribution in [0, 0.1) is 5.92 Å². The van der Waals surface area contributed by atoms with Crippen molar-refractivity contribution < 1.29 is 5.11 Å². The molecule has 2 atom stereocenters. The molecule has 78 valence electrons. The molecule has 0 saturated carbocycles. The predicted octanol–water partition coefficient (Wildman–Crippen LogP) is 1.88. The Labute approximate surface area is 81.9 Å². The highest BCUT2D eigenvalue weighted by atomic mass is 16.3. The van der Waals surface area contributed by atoms with Gasteiger partial charge in [-0.3, -0.25) is 0 Å². The van der Waals surface area contributed by atoms with Crippen molar-refractivity contribution in [1.29, 1.82) is 0 Å². The van der Waals surface area contributed by atoms with E-state index < -0.39 is 0 Å². The minimum atomic E-state index is -0.150. The monoisotopic (exact) mass is 185 g/mol. The van der Waals surface area contributed by atoms with Gasteiger partial charge in [0, 0.05) is 6.04 Å². The summed E-state index contributed by atoms with van der Waals surface area (Å²) in [6.07, 6.45) is 4.90. The lowest BCUT2D eigenvalue weighted by molar-refractivity contribution is 0.0309. The average molecular weight is 185 g/mol. The van der Waals surface area contributed by atoms with Gasteiger partial charge in [0.15, 0.2) is 0 Å². The van der Waals surface area contributed by atoms with Gasteiger partial charge in [-0.25, -0.2) is 0 Å². The van der Waals surface area contributed by atoms with E-state index in [1.165, 1.54) is 19.3 Å². The highest BCUT2D eigenvalue weighted by Crippen LogP contribution is 2.21. The summed E-state index contributed by atoms with van der Waals surface area (Å²) in [5.74, 6) is 0.380. The molecule has 1 aliphatic rings. The van der Waals surface area contributed by atoms with E-state index in [0.717, 1.165) is 13.0 Å². The first kappa shape index (κ1) is 11.0. The molecule has 0 amide bonds. The quantitative estimate of drug-likeness (QED) is 0.710. The topological polar surface area (TPSA) is 23.5 Å². The van der Waals surface area contributed by atoms with Crippen LogP contribution in [0.15, 0.2) is 0 Å². The smallest absolute Gasteiger partial charge is 0.0718 e. The molecule has 2 heteroatoms. The molecule has 1 fully saturated rings. The molecule has 0 aromatic heterocycles. The van der Waals surface area contributed by atoms with Crippen molar-refractivity contribution in [3.63, 3.8) is 0 Å². The van der Waals surface area contributed by atoms with Gasteiger partial charge < -0.3 is 10.0 Å². The first-order valence-corrected chi connectivity index (χ1v) is 5.51. The van der Waals surface area contributed by atoms with Gasteiger partial charge in [0.25, 0.3) is 0 Å². The summed E-state index contributed by atoms with van der Waals surface area (Å²) in [5.41, 5.74) is 0. The number of aliphatic hydroxyl groups excluding tert-OH is 1. The molecule has 0 bridgehead atoms. The third-order valence-electron chi connectivity index (χ3n) is 3.15. The van der Waals surface area contributed by atoms with Gasteiger partial charge in [0.2, 0.25) is 0 Å². The van der Waals surface area contributed by atoms with Crippen LogP contribution >= 0.6 is 0 Å². The van der Waals surface area contributed by atoms with Crippen molar-refractivity contribution in [2.24, 2.45) is 5.92 Å². The number of rotatable bonds is 2. The molecule has 13 heavy (non-hydrogen) atoms. The van der Waals surface area contributed by atoms with E-state index in [-0.39, 0.29) is 6.10 Å². The summed E-state index contributed by atoms with van der Waals surface area (Å²) in [4.78, 5) is 2.33. The molecule has 1 saturated heterocycles. The standard InChI is InChI=1S/C11H23NO/c1-9(2)11(13)10-7-5-4-6-8-12(10)3/h9-11,13H,4-8H2,1-3H3. The molecular weight excluding hydrogens is 162 g/mol. The van der Waals surface area contributed by atoms with E-state index in [2.05, 4.69) is 25.8 Å². The van der Waals surface area contributed by atoms with Gasteiger partial charge in [-0.2, -0.15) is 0 Å². The number of aliphatic hydroxyl groups is 1. The lowest BCUT2D eigenvalue weighted by atomic mass is 9.95. The second-order valence-corrected chi connectivity index (χ2v) is 4.63. The van der Waals surface area contributed by atoms with Crippen molar-refractivity contribution in [1.82, 2.24) is 4.90 Å². The van der Waals surface area contributed by atoms with Crippen LogP contribution in [0.4, 0.5) is 0 Å². The number of hydrogen-bond donors (Lipinski definition) is 1. The lowest BCUT2D eigenvalue weighted by Crippen LogP contribution is -2.43. The van der Waals surface area contributed by atoms with E-state index in [9.17, 15) is 5.11 Å². The van der Waals surface area contributed by atoms with Crippen LogP contribution in [0.5, 0.6) is 0 Å². The van der Waals surface area contributed by atoms with Gasteiger partial charge in [-0.15, -0.1) is 0 Å². The number of hydrogen-bond acceptors (Lipinski definition) is 2. The summed E-state index contributed by atoms with van der Waals surface area (Å²) >= 11 is 0. The first-order chi connectivity index (χ1) is 6.13. The number of likely N-dealkylation sites (N-methyl/N-ethyl adjacent to an activating group) is 1. The second-order valence-electron chi connectivity index (χ2n) is 4.63. The Morgan fingerprint density at radius 3 is 2.54 bits per heavy atom. The van der Waals surface area contributed by atoms with E-state index in [4.69, 9.17) is 0 Å². The summed E-state index contributed by atoms with van der Waals surface area (Å²) in [6, 6.07) is 0.391. The van der Waals surface area contributed by atoms with Gasteiger partial charge in [-0.05, 0) is 32.4 Å². The van der Waals surface area contributed by atoms with E-state index in [0.29, 0.717) is 12.0 Å². The van der Waals surface area contributed by atoms with Gasteiger partial charge >= 0.3 is 0 Å². The minimum Gasteiger partial charge on any atom is -0.391 e. The molecule has 1 heterocycles. The highest BCUT2D eigenvalue weighted by Gasteiger charge is 2.26. The molecule has 0 radical (unpaired) electrons. The molecule has 1 N–H and O–H groups in total. The molecule has 0 spiro atoms. The van der Waals surface area contributed by atoms with E-state index in [1.807, 2.05) is 0 Å². The van der Waals surface area contributed by atoms with Crippen molar-refractivity contribution >= 4 is 0 Å². The zero-order chi connectivity index (χ0) is 9.84. The average Bonchev–Trinajstić information content (AvgIpc) is 2.28. The fourth-order valence-electron chi connectivity index (χ4n) is 2.15. The zero-order valence-corrected chi connectivity index (χ0v) is 9.16. The Hall–Kier alpha value is -0.0800. The third-order valence-corrected chi connectivity index (χ3v) is 3.15. The zero-order valence-electron chi connectivity index (χ0n) is 9.16. The molecule has 2 nitrogen and oxygen atoms in total. The maximum absolute atomic E-state index is 10.0. The summed E-state index contributed by atoms with van der Waals surface area (Å²) < 4.78 is 0. The van der Waals surface area contributed by atoms with Crippen LogP contribution in [-0.2, 0) is 0 Å². The van der Waals surface area contributed by atoms with Crippen LogP contribution in [0.1, 0.15) is 39.5 Å². The maximum Gasteiger partial charge on any atom is 0.0718 e. The Kier molecular flexibility index (Phi) is 4.20. The molecule has 0 aromatic rings. The fraction of sp³-hybridized carbons (Fsp3) is 1.00. The van der Waals surface area contributed by atoms with E-state index in [1.54, 1.807) is 0 Å². The molecular formula is C11H23NO. The number of likely N-dealkylation sites (tertiary alicyclic amines) is 1. The SMILES string of the molecule is CC(C)C(O)C1CCCCCN1C. The Balaban J connectivity index is 2.53. The van der Waals surface area contributed by atoms with Gasteiger partial charge in [0.1, 0.15) is 0 Å². The summed E-state index contributed by atoms with van der Waals surface area (Å²) in [7, 11) is 2.14. The Morgan fingerprint density at radius 2 is 1.92 bits per heavy atom. The van der Waals surface area contributed by atoms with Crippen molar-refractivity contribution in [3.05, 3.63) is 0 Å². The van der Waals surface area contributed by atoms with Gasteiger partial charge in [0.05, 0.1) is 6.10 Å². The van der Waals surface area contributed by atoms with Crippen LogP contribution in [0.2, 0.25) is 0 Å². The largest absolute Gasteiger partial charge is 0.391 e. The van der Waals surface area contributed by atoms with Crippen molar-refractivity contribution in [3.8, 4) is 0 Å². The molecule has 2 unspecified atom stereocenters. The molecule has 1 rings (SSSR count). The Bertz CT molecular complexity index is 147. The third kappa shape index (κ3) is 2.96. The molecule has 0 aliphatic carbocycles. The summed E-state index contributed by atoms with van der Waals surface area (Å²) in [5, 5.41) is 10.0. The van der Waals surface area contributed by atoms with Crippen LogP contribution in [0.25, 0.3) is 0 Å². The van der Waals surface area contributed by atoms with Gasteiger partial charge in [-0.1, -0.05) is 26.7 Å². The predicted molar refractivity (Wildman–Crippen MR) is 55.7 cm³/mol. The van der Waals surface area contributed by atoms with E-state index >= 15 is 0 Å². The first-order valence-electron chi connectivity index (χ1n) is 5.51. The fourth-order valence-corrected chi connectivity index (χ4v) is 2.15. The summed E-state index contributed by atoms with van der Waals surface area (Å²) in [6.45, 7) is 5.35. The normalized spacial score (nSPS) is 28.8. The number of nitrogens with zero attached hydrogens (tertiary/aromatic N) is 1. The Morgan fingerprint density at radius 1 is 1.23 bits per heavy atom. The molecule has 0 aromatic carbocycles. The highest BCUT2D eigenvalue weighted by molar-refractivity contribution is 4.81. The maximum atomic E-state index is 10.0. The lowest BCUT2D eigenvalue weighted by Gasteiger charge is -2.32. The minimum absolute atomic E-state index is 0.150.